The summed E-state index contributed by atoms with van der Waals surface area (Å²) in [5.41, 5.74) is 1.61. The van der Waals surface area contributed by atoms with E-state index in [-0.39, 0.29) is 12.0 Å². The summed E-state index contributed by atoms with van der Waals surface area (Å²) in [4.78, 5) is 11.3. The molecule has 1 heterocycles. The number of furan rings is 1. The molecule has 0 bridgehead atoms. The first-order valence-corrected chi connectivity index (χ1v) is 7.04. The van der Waals surface area contributed by atoms with E-state index in [2.05, 4.69) is 45.0 Å². The topological polar surface area (TPSA) is 51.5 Å². The average Bonchev–Trinajstić information content (AvgIpc) is 2.92. The molecule has 2 rings (SSSR count). The zero-order chi connectivity index (χ0) is 14.5. The van der Waals surface area contributed by atoms with Gasteiger partial charge in [-0.15, -0.1) is 0 Å². The summed E-state index contributed by atoms with van der Waals surface area (Å²) in [5.74, 6) is 0.312. The second-order valence-electron chi connectivity index (χ2n) is 4.45. The quantitative estimate of drug-likeness (QED) is 0.845. The van der Waals surface area contributed by atoms with Gasteiger partial charge in [-0.1, -0.05) is 28.1 Å². The molecule has 0 aliphatic heterocycles. The van der Waals surface area contributed by atoms with Crippen LogP contribution < -0.4 is 5.32 Å². The van der Waals surface area contributed by atoms with E-state index < -0.39 is 0 Å². The Morgan fingerprint density at radius 3 is 2.95 bits per heavy atom. The molecule has 0 spiro atoms. The average molecular weight is 338 g/mol. The number of nitrogens with one attached hydrogen (secondary N) is 1. The highest BCUT2D eigenvalue weighted by Gasteiger charge is 2.11. The molecule has 1 N–H and O–H groups in total. The van der Waals surface area contributed by atoms with Crippen LogP contribution in [0.1, 0.15) is 34.6 Å². The number of rotatable bonds is 5. The molecule has 0 saturated carbocycles. The first-order chi connectivity index (χ1) is 9.60. The fraction of sp³-hybridized carbons (Fsp3) is 0.267. The van der Waals surface area contributed by atoms with Crippen LogP contribution in [-0.2, 0) is 11.3 Å². The van der Waals surface area contributed by atoms with Crippen molar-refractivity contribution in [1.29, 1.82) is 0 Å². The molecule has 0 fully saturated rings. The van der Waals surface area contributed by atoms with E-state index in [1.54, 1.807) is 6.07 Å². The monoisotopic (exact) mass is 337 g/mol. The molecule has 1 unspecified atom stereocenters. The summed E-state index contributed by atoms with van der Waals surface area (Å²) < 4.78 is 11.0. The minimum Gasteiger partial charge on any atom is -0.467 e. The van der Waals surface area contributed by atoms with E-state index >= 15 is 0 Å². The highest BCUT2D eigenvalue weighted by atomic mass is 79.9. The molecule has 2 aromatic rings. The van der Waals surface area contributed by atoms with Gasteiger partial charge in [0.1, 0.15) is 12.0 Å². The fourth-order valence-corrected chi connectivity index (χ4v) is 2.26. The molecule has 5 heteroatoms. The van der Waals surface area contributed by atoms with Crippen LogP contribution in [0.3, 0.4) is 0 Å². The van der Waals surface area contributed by atoms with E-state index in [1.165, 1.54) is 18.9 Å². The van der Waals surface area contributed by atoms with Gasteiger partial charge in [-0.25, -0.2) is 4.79 Å². The Kier molecular flexibility index (Phi) is 4.98. The van der Waals surface area contributed by atoms with Crippen molar-refractivity contribution in [2.45, 2.75) is 19.5 Å². The van der Waals surface area contributed by atoms with Gasteiger partial charge >= 0.3 is 5.97 Å². The van der Waals surface area contributed by atoms with Crippen molar-refractivity contribution in [2.24, 2.45) is 0 Å². The summed E-state index contributed by atoms with van der Waals surface area (Å²) in [5, 5.41) is 3.35. The molecular weight excluding hydrogens is 322 g/mol. The highest BCUT2D eigenvalue weighted by Crippen LogP contribution is 2.18. The van der Waals surface area contributed by atoms with Gasteiger partial charge < -0.3 is 14.5 Å². The molecule has 0 amide bonds. The minimum atomic E-state index is -0.389. The lowest BCUT2D eigenvalue weighted by Crippen LogP contribution is -2.17. The van der Waals surface area contributed by atoms with Crippen molar-refractivity contribution in [1.82, 2.24) is 5.32 Å². The van der Waals surface area contributed by atoms with Crippen LogP contribution in [0.4, 0.5) is 0 Å². The number of methoxy groups -OCH3 is 1. The lowest BCUT2D eigenvalue weighted by molar-refractivity contribution is 0.0600. The van der Waals surface area contributed by atoms with Crippen LogP contribution >= 0.6 is 15.9 Å². The number of carbonyl (C=O) groups excluding carboxylic acids is 1. The van der Waals surface area contributed by atoms with Crippen molar-refractivity contribution >= 4 is 21.9 Å². The van der Waals surface area contributed by atoms with Crippen molar-refractivity contribution in [3.05, 3.63) is 58.0 Å². The van der Waals surface area contributed by atoms with Gasteiger partial charge in [0.15, 0.2) is 0 Å². The first-order valence-electron chi connectivity index (χ1n) is 6.24. The Balaban J connectivity index is 1.95. The van der Waals surface area contributed by atoms with Gasteiger partial charge in [0.05, 0.1) is 19.2 Å². The molecule has 0 saturated heterocycles. The van der Waals surface area contributed by atoms with E-state index in [4.69, 9.17) is 4.42 Å². The molecule has 1 aromatic heterocycles. The third-order valence-electron chi connectivity index (χ3n) is 3.01. The number of carbonyl (C=O) groups is 1. The molecule has 20 heavy (non-hydrogen) atoms. The third kappa shape index (κ3) is 3.71. The van der Waals surface area contributed by atoms with E-state index in [1.807, 2.05) is 12.1 Å². The fourth-order valence-electron chi connectivity index (χ4n) is 1.85. The van der Waals surface area contributed by atoms with Crippen LogP contribution in [0.5, 0.6) is 0 Å². The maximum atomic E-state index is 11.3. The van der Waals surface area contributed by atoms with Gasteiger partial charge in [-0.3, -0.25) is 0 Å². The Labute approximate surface area is 126 Å². The van der Waals surface area contributed by atoms with Crippen molar-refractivity contribution in [3.8, 4) is 0 Å². The Hall–Kier alpha value is -1.59. The minimum absolute atomic E-state index is 0.180. The number of hydrogen-bond donors (Lipinski definition) is 1. The summed E-state index contributed by atoms with van der Waals surface area (Å²) in [6.45, 7) is 2.62. The number of benzene rings is 1. The molecule has 106 valence electrons. The van der Waals surface area contributed by atoms with Gasteiger partial charge in [0, 0.05) is 10.5 Å². The van der Waals surface area contributed by atoms with Gasteiger partial charge in [-0.05, 0) is 30.7 Å². The number of ether oxygens (including phenoxy) is 1. The Morgan fingerprint density at radius 2 is 2.25 bits per heavy atom. The maximum Gasteiger partial charge on any atom is 0.341 e. The highest BCUT2D eigenvalue weighted by molar-refractivity contribution is 9.10. The number of esters is 1. The predicted octanol–water partition coefficient (Wildman–Crippen LogP) is 3.68. The first kappa shape index (κ1) is 14.8. The van der Waals surface area contributed by atoms with Crippen molar-refractivity contribution in [3.63, 3.8) is 0 Å². The lowest BCUT2D eigenvalue weighted by Gasteiger charge is -2.13. The molecule has 1 atom stereocenters. The smallest absolute Gasteiger partial charge is 0.341 e. The second kappa shape index (κ2) is 6.72. The Morgan fingerprint density at radius 1 is 1.45 bits per heavy atom. The number of hydrogen-bond acceptors (Lipinski definition) is 4. The van der Waals surface area contributed by atoms with Crippen LogP contribution in [0, 0.1) is 0 Å². The summed E-state index contributed by atoms with van der Waals surface area (Å²) in [6.07, 6.45) is 1.41. The van der Waals surface area contributed by atoms with Gasteiger partial charge in [0.25, 0.3) is 0 Å². The summed E-state index contributed by atoms with van der Waals surface area (Å²) in [6, 6.07) is 9.99. The van der Waals surface area contributed by atoms with E-state index in [0.29, 0.717) is 17.9 Å². The van der Waals surface area contributed by atoms with Crippen LogP contribution in [0.15, 0.2) is 45.5 Å². The number of halogens is 1. The summed E-state index contributed by atoms with van der Waals surface area (Å²) in [7, 11) is 1.35. The van der Waals surface area contributed by atoms with Crippen LogP contribution in [0.25, 0.3) is 0 Å². The molecule has 0 radical (unpaired) electrons. The molecule has 0 aliphatic rings. The lowest BCUT2D eigenvalue weighted by atomic mass is 10.1. The SMILES string of the molecule is COC(=O)c1coc(CNC(C)c2cccc(Br)c2)c1. The molecule has 1 aromatic carbocycles. The predicted molar refractivity (Wildman–Crippen MR) is 79.4 cm³/mol. The largest absolute Gasteiger partial charge is 0.467 e. The molecule has 4 nitrogen and oxygen atoms in total. The zero-order valence-electron chi connectivity index (χ0n) is 11.4. The summed E-state index contributed by atoms with van der Waals surface area (Å²) >= 11 is 3.46. The van der Waals surface area contributed by atoms with Gasteiger partial charge in [-0.2, -0.15) is 0 Å². The molecule has 0 aliphatic carbocycles. The Bertz CT molecular complexity index is 594. The zero-order valence-corrected chi connectivity index (χ0v) is 12.9. The normalized spacial score (nSPS) is 12.2. The van der Waals surface area contributed by atoms with Crippen molar-refractivity contribution < 1.29 is 13.9 Å². The standard InChI is InChI=1S/C15H16BrNO3/c1-10(11-4-3-5-13(16)6-11)17-8-14-7-12(9-20-14)15(18)19-2/h3-7,9-10,17H,8H2,1-2H3. The van der Waals surface area contributed by atoms with Gasteiger partial charge in [0.2, 0.25) is 0 Å². The third-order valence-corrected chi connectivity index (χ3v) is 3.50. The van der Waals surface area contributed by atoms with E-state index in [9.17, 15) is 4.79 Å². The van der Waals surface area contributed by atoms with Crippen LogP contribution in [-0.4, -0.2) is 13.1 Å². The maximum absolute atomic E-state index is 11.3. The second-order valence-corrected chi connectivity index (χ2v) is 5.37. The van der Waals surface area contributed by atoms with E-state index in [0.717, 1.165) is 4.47 Å². The van der Waals surface area contributed by atoms with Crippen molar-refractivity contribution in [2.75, 3.05) is 7.11 Å². The van der Waals surface area contributed by atoms with Crippen LogP contribution in [0.2, 0.25) is 0 Å². The molecular formula is C15H16BrNO3.